The smallest absolute Gasteiger partial charge is 0.193 e. The van der Waals surface area contributed by atoms with E-state index in [1.165, 1.54) is 5.56 Å². The third-order valence-corrected chi connectivity index (χ3v) is 3.73. The number of benzene rings is 2. The van der Waals surface area contributed by atoms with Crippen molar-refractivity contribution in [2.24, 2.45) is 10.7 Å². The number of rotatable bonds is 5. The van der Waals surface area contributed by atoms with E-state index >= 15 is 0 Å². The molecule has 3 rings (SSSR count). The molecule has 1 saturated carbocycles. The van der Waals surface area contributed by atoms with Crippen LogP contribution in [0.15, 0.2) is 59.6 Å². The molecule has 114 valence electrons. The number of anilines is 1. The zero-order valence-corrected chi connectivity index (χ0v) is 12.7. The molecule has 1 aliphatic rings. The first-order valence-electron chi connectivity index (χ1n) is 7.64. The summed E-state index contributed by atoms with van der Waals surface area (Å²) in [6.45, 7) is 2.68. The van der Waals surface area contributed by atoms with Crippen LogP contribution in [0.1, 0.15) is 24.8 Å². The van der Waals surface area contributed by atoms with Gasteiger partial charge in [0.2, 0.25) is 0 Å². The topological polar surface area (TPSA) is 59.6 Å². The van der Waals surface area contributed by atoms with E-state index < -0.39 is 0 Å². The Labute approximate surface area is 131 Å². The van der Waals surface area contributed by atoms with Gasteiger partial charge in [-0.15, -0.1) is 0 Å². The van der Waals surface area contributed by atoms with Crippen LogP contribution in [-0.2, 0) is 0 Å². The first kappa shape index (κ1) is 14.4. The van der Waals surface area contributed by atoms with Crippen molar-refractivity contribution in [2.75, 3.05) is 11.9 Å². The Morgan fingerprint density at radius 1 is 1.18 bits per heavy atom. The molecule has 4 nitrogen and oxygen atoms in total. The van der Waals surface area contributed by atoms with E-state index in [4.69, 9.17) is 10.5 Å². The number of nitrogens with two attached hydrogens (primary N) is 1. The second-order valence-electron chi connectivity index (χ2n) is 5.42. The number of para-hydroxylation sites is 1. The van der Waals surface area contributed by atoms with Gasteiger partial charge in [0.15, 0.2) is 5.96 Å². The minimum absolute atomic E-state index is 0.272. The van der Waals surface area contributed by atoms with Gasteiger partial charge in [-0.05, 0) is 43.2 Å². The van der Waals surface area contributed by atoms with Gasteiger partial charge >= 0.3 is 0 Å². The van der Waals surface area contributed by atoms with Gasteiger partial charge < -0.3 is 15.8 Å². The number of nitrogens with one attached hydrogen (secondary N) is 1. The van der Waals surface area contributed by atoms with Gasteiger partial charge in [-0.2, -0.15) is 0 Å². The van der Waals surface area contributed by atoms with Gasteiger partial charge in [0.05, 0.1) is 12.6 Å². The maximum absolute atomic E-state index is 5.97. The van der Waals surface area contributed by atoms with Crippen LogP contribution in [0.2, 0.25) is 0 Å². The summed E-state index contributed by atoms with van der Waals surface area (Å²) < 4.78 is 5.46. The maximum atomic E-state index is 5.97. The van der Waals surface area contributed by atoms with Crippen molar-refractivity contribution >= 4 is 11.6 Å². The van der Waals surface area contributed by atoms with Crippen molar-refractivity contribution < 1.29 is 4.74 Å². The van der Waals surface area contributed by atoms with Gasteiger partial charge in [-0.1, -0.05) is 30.3 Å². The quantitative estimate of drug-likeness (QED) is 0.657. The fourth-order valence-corrected chi connectivity index (χ4v) is 2.54. The van der Waals surface area contributed by atoms with Crippen LogP contribution in [0.25, 0.3) is 0 Å². The minimum atomic E-state index is 0.272. The molecule has 1 fully saturated rings. The molecule has 0 bridgehead atoms. The fourth-order valence-electron chi connectivity index (χ4n) is 2.54. The molecule has 0 heterocycles. The summed E-state index contributed by atoms with van der Waals surface area (Å²) >= 11 is 0. The highest BCUT2D eigenvalue weighted by atomic mass is 16.5. The Hall–Kier alpha value is -2.49. The van der Waals surface area contributed by atoms with Crippen LogP contribution in [0.5, 0.6) is 5.75 Å². The van der Waals surface area contributed by atoms with E-state index in [1.54, 1.807) is 0 Å². The lowest BCUT2D eigenvalue weighted by Crippen LogP contribution is -2.23. The molecular formula is C18H21N3O. The molecular weight excluding hydrogens is 274 g/mol. The SMILES string of the molecule is CCOc1ccc([C@@H]2C[C@H]2N=C(N)Nc2ccccc2)cc1. The average Bonchev–Trinajstić information content (AvgIpc) is 3.28. The molecule has 2 atom stereocenters. The number of ether oxygens (including phenoxy) is 1. The summed E-state index contributed by atoms with van der Waals surface area (Å²) in [5, 5.41) is 3.12. The normalized spacial score (nSPS) is 20.5. The average molecular weight is 295 g/mol. The lowest BCUT2D eigenvalue weighted by molar-refractivity contribution is 0.340. The third kappa shape index (κ3) is 3.58. The molecule has 0 amide bonds. The second-order valence-corrected chi connectivity index (χ2v) is 5.42. The van der Waals surface area contributed by atoms with Crippen molar-refractivity contribution in [1.82, 2.24) is 0 Å². The highest BCUT2D eigenvalue weighted by Crippen LogP contribution is 2.43. The van der Waals surface area contributed by atoms with E-state index in [1.807, 2.05) is 49.4 Å². The molecule has 0 unspecified atom stereocenters. The summed E-state index contributed by atoms with van der Waals surface area (Å²) in [7, 11) is 0. The summed E-state index contributed by atoms with van der Waals surface area (Å²) in [6, 6.07) is 18.4. The van der Waals surface area contributed by atoms with E-state index in [0.29, 0.717) is 18.5 Å². The number of aliphatic imine (C=N–C) groups is 1. The number of hydrogen-bond acceptors (Lipinski definition) is 2. The zero-order chi connectivity index (χ0) is 15.4. The van der Waals surface area contributed by atoms with Crippen LogP contribution in [0.4, 0.5) is 5.69 Å². The Morgan fingerprint density at radius 2 is 1.91 bits per heavy atom. The molecule has 0 aliphatic heterocycles. The summed E-state index contributed by atoms with van der Waals surface area (Å²) in [5.74, 6) is 1.86. The van der Waals surface area contributed by atoms with Crippen LogP contribution in [0, 0.1) is 0 Å². The lowest BCUT2D eigenvalue weighted by Gasteiger charge is -2.06. The largest absolute Gasteiger partial charge is 0.494 e. The molecule has 0 radical (unpaired) electrons. The highest BCUT2D eigenvalue weighted by Gasteiger charge is 2.38. The predicted octanol–water partition coefficient (Wildman–Crippen LogP) is 3.37. The Morgan fingerprint density at radius 3 is 2.59 bits per heavy atom. The Balaban J connectivity index is 1.58. The first-order chi connectivity index (χ1) is 10.8. The van der Waals surface area contributed by atoms with Crippen molar-refractivity contribution in [3.63, 3.8) is 0 Å². The first-order valence-corrected chi connectivity index (χ1v) is 7.64. The molecule has 3 N–H and O–H groups in total. The monoisotopic (exact) mass is 295 g/mol. The summed E-state index contributed by atoms with van der Waals surface area (Å²) in [4.78, 5) is 4.55. The third-order valence-electron chi connectivity index (χ3n) is 3.73. The molecule has 0 spiro atoms. The molecule has 1 aliphatic carbocycles. The summed E-state index contributed by atoms with van der Waals surface area (Å²) in [6.07, 6.45) is 1.05. The molecule has 2 aromatic rings. The van der Waals surface area contributed by atoms with E-state index in [9.17, 15) is 0 Å². The number of hydrogen-bond donors (Lipinski definition) is 2. The predicted molar refractivity (Wildman–Crippen MR) is 90.4 cm³/mol. The molecule has 2 aromatic carbocycles. The highest BCUT2D eigenvalue weighted by molar-refractivity contribution is 5.92. The van der Waals surface area contributed by atoms with Crippen LogP contribution in [0.3, 0.4) is 0 Å². The lowest BCUT2D eigenvalue weighted by atomic mass is 10.1. The molecule has 0 aromatic heterocycles. The summed E-state index contributed by atoms with van der Waals surface area (Å²) in [5.41, 5.74) is 8.23. The van der Waals surface area contributed by atoms with Crippen molar-refractivity contribution in [1.29, 1.82) is 0 Å². The van der Waals surface area contributed by atoms with E-state index in [0.717, 1.165) is 17.9 Å². The van der Waals surface area contributed by atoms with E-state index in [2.05, 4.69) is 22.4 Å². The van der Waals surface area contributed by atoms with Gasteiger partial charge in [0.1, 0.15) is 5.75 Å². The molecule has 22 heavy (non-hydrogen) atoms. The van der Waals surface area contributed by atoms with Crippen LogP contribution >= 0.6 is 0 Å². The minimum Gasteiger partial charge on any atom is -0.494 e. The number of guanidine groups is 1. The number of nitrogens with zero attached hydrogens (tertiary/aromatic N) is 1. The van der Waals surface area contributed by atoms with Crippen molar-refractivity contribution in [2.45, 2.75) is 25.3 Å². The van der Waals surface area contributed by atoms with Crippen LogP contribution in [-0.4, -0.2) is 18.6 Å². The van der Waals surface area contributed by atoms with Gasteiger partial charge in [-0.3, -0.25) is 0 Å². The Bertz CT molecular complexity index is 637. The maximum Gasteiger partial charge on any atom is 0.193 e. The van der Waals surface area contributed by atoms with E-state index in [-0.39, 0.29) is 6.04 Å². The van der Waals surface area contributed by atoms with Crippen LogP contribution < -0.4 is 15.8 Å². The zero-order valence-electron chi connectivity index (χ0n) is 12.7. The van der Waals surface area contributed by atoms with Gasteiger partial charge in [0.25, 0.3) is 0 Å². The Kier molecular flexibility index (Phi) is 4.28. The fraction of sp³-hybridized carbons (Fsp3) is 0.278. The van der Waals surface area contributed by atoms with Gasteiger partial charge in [-0.25, -0.2) is 4.99 Å². The molecule has 0 saturated heterocycles. The van der Waals surface area contributed by atoms with Crippen molar-refractivity contribution in [3.8, 4) is 5.75 Å². The second kappa shape index (κ2) is 6.52. The van der Waals surface area contributed by atoms with Gasteiger partial charge in [0, 0.05) is 11.6 Å². The molecule has 4 heteroatoms. The van der Waals surface area contributed by atoms with Crippen molar-refractivity contribution in [3.05, 3.63) is 60.2 Å². The standard InChI is InChI=1S/C18H21N3O/c1-2-22-15-10-8-13(9-11-15)16-12-17(16)21-18(19)20-14-6-4-3-5-7-14/h3-11,16-17H,2,12H2,1H3,(H3,19,20,21)/t16-,17+/m0/s1.